The Hall–Kier alpha value is -0.540. The Labute approximate surface area is 248 Å². The van der Waals surface area contributed by atoms with Crippen LogP contribution < -0.4 is 5.90 Å². The van der Waals surface area contributed by atoms with Gasteiger partial charge in [0.1, 0.15) is 31.0 Å². The molecule has 5 rings (SSSR count). The minimum absolute atomic E-state index is 0.0263. The molecule has 7 nitrogen and oxygen atoms in total. The second kappa shape index (κ2) is 12.5. The van der Waals surface area contributed by atoms with Gasteiger partial charge >= 0.3 is 0 Å². The summed E-state index contributed by atoms with van der Waals surface area (Å²) < 4.78 is 12.1. The summed E-state index contributed by atoms with van der Waals surface area (Å²) in [5.41, 5.74) is 2.22. The lowest BCUT2D eigenvalue weighted by molar-refractivity contribution is -0.692. The lowest BCUT2D eigenvalue weighted by atomic mass is 9.47. The molecule has 41 heavy (non-hydrogen) atoms. The zero-order valence-electron chi connectivity index (χ0n) is 26.6. The topological polar surface area (TPSA) is 116 Å². The van der Waals surface area contributed by atoms with Crippen LogP contribution in [-0.4, -0.2) is 58.7 Å². The standard InChI is InChI=1S/C34H60NO6/c1-19(2)20(3)7-8-21(4)25-11-12-26-24-10-9-22-17-23(13-15-33(22,5)27(24)14-16-34(25,26)6)40-32-31(38)30(37)29(36)28(41-32)18-39-35/h9,19-21,23-32,36-38H,7-8,10-18H2,1-6,35H3/q+1/t20-,21+,23?,24-,25+,26-,27-,28+,29+,30-,31+,32+,33-,34+/m0/s1. The van der Waals surface area contributed by atoms with Crippen molar-refractivity contribution in [1.82, 2.24) is 0 Å². The van der Waals surface area contributed by atoms with Crippen LogP contribution in [0.15, 0.2) is 11.6 Å². The van der Waals surface area contributed by atoms with E-state index in [0.717, 1.165) is 60.7 Å². The molecule has 236 valence electrons. The third kappa shape index (κ3) is 5.83. The summed E-state index contributed by atoms with van der Waals surface area (Å²) in [7, 11) is 0. The first-order valence-corrected chi connectivity index (χ1v) is 16.8. The molecule has 0 amide bonds. The van der Waals surface area contributed by atoms with Crippen molar-refractivity contribution in [2.24, 2.45) is 52.3 Å². The molecule has 0 aromatic carbocycles. The molecule has 1 heterocycles. The third-order valence-electron chi connectivity index (χ3n) is 13.3. The van der Waals surface area contributed by atoms with Gasteiger partial charge in [-0.3, -0.25) is 0 Å². The van der Waals surface area contributed by atoms with Crippen LogP contribution in [0.5, 0.6) is 0 Å². The van der Waals surface area contributed by atoms with Gasteiger partial charge in [0.25, 0.3) is 0 Å². The van der Waals surface area contributed by atoms with Crippen LogP contribution in [0.2, 0.25) is 0 Å². The van der Waals surface area contributed by atoms with Gasteiger partial charge in [-0.05, 0) is 104 Å². The molecule has 7 heteroatoms. The first-order valence-electron chi connectivity index (χ1n) is 16.8. The second-order valence-corrected chi connectivity index (χ2v) is 15.7. The second-order valence-electron chi connectivity index (χ2n) is 15.7. The van der Waals surface area contributed by atoms with Gasteiger partial charge in [-0.15, -0.1) is 0 Å². The maximum atomic E-state index is 10.6. The lowest BCUT2D eigenvalue weighted by Crippen LogP contribution is -2.62. The maximum absolute atomic E-state index is 10.6. The SMILES string of the molecule is CC(C)[C@@H](C)CC[C@@H](C)[C@H]1CC[C@H]2[C@@H]3CC=C4CC(O[C@@H]5O[C@H](CO[NH3+])[C@@H](O)[C@H](O)[C@H]5O)CC[C@]4(C)[C@H]3CC[C@]12C. The summed E-state index contributed by atoms with van der Waals surface area (Å²) in [6, 6.07) is 0. The number of hydrogen-bond acceptors (Lipinski definition) is 6. The van der Waals surface area contributed by atoms with E-state index < -0.39 is 30.7 Å². The average Bonchev–Trinajstić information content (AvgIpc) is 3.30. The normalized spacial score (nSPS) is 47.7. The van der Waals surface area contributed by atoms with E-state index in [1.54, 1.807) is 0 Å². The Bertz CT molecular complexity index is 927. The number of aliphatic hydroxyl groups excluding tert-OH is 3. The van der Waals surface area contributed by atoms with Gasteiger partial charge in [0.05, 0.1) is 6.10 Å². The van der Waals surface area contributed by atoms with E-state index in [4.69, 9.17) is 14.3 Å². The largest absolute Gasteiger partial charge is 0.387 e. The number of fused-ring (bicyclic) bond motifs is 5. The van der Waals surface area contributed by atoms with E-state index in [0.29, 0.717) is 5.41 Å². The predicted octanol–water partition coefficient (Wildman–Crippen LogP) is 4.64. The quantitative estimate of drug-likeness (QED) is 0.234. The van der Waals surface area contributed by atoms with E-state index in [-0.39, 0.29) is 18.1 Å². The molecule has 1 saturated heterocycles. The Morgan fingerprint density at radius 3 is 2.41 bits per heavy atom. The van der Waals surface area contributed by atoms with Gasteiger partial charge in [-0.1, -0.05) is 66.0 Å². The number of hydrogen-bond donors (Lipinski definition) is 4. The number of allylic oxidation sites excluding steroid dienone is 1. The summed E-state index contributed by atoms with van der Waals surface area (Å²) in [6.45, 7) is 14.9. The maximum Gasteiger partial charge on any atom is 0.186 e. The summed E-state index contributed by atoms with van der Waals surface area (Å²) in [4.78, 5) is 4.90. The molecule has 0 aromatic rings. The van der Waals surface area contributed by atoms with Crippen molar-refractivity contribution in [3.05, 3.63) is 11.6 Å². The van der Waals surface area contributed by atoms with Crippen LogP contribution in [0, 0.1) is 52.3 Å². The highest BCUT2D eigenvalue weighted by molar-refractivity contribution is 5.25. The molecular weight excluding hydrogens is 518 g/mol. The Kier molecular flexibility index (Phi) is 9.68. The fourth-order valence-electron chi connectivity index (χ4n) is 10.3. The minimum atomic E-state index is -1.34. The highest BCUT2D eigenvalue weighted by Gasteiger charge is 2.59. The molecule has 14 atom stereocenters. The number of rotatable bonds is 9. The molecule has 0 radical (unpaired) electrons. The van der Waals surface area contributed by atoms with Crippen LogP contribution in [-0.2, 0) is 14.3 Å². The molecule has 0 spiro atoms. The molecule has 1 unspecified atom stereocenters. The van der Waals surface area contributed by atoms with Crippen LogP contribution >= 0.6 is 0 Å². The first-order chi connectivity index (χ1) is 19.4. The van der Waals surface area contributed by atoms with Crippen molar-refractivity contribution in [3.8, 4) is 0 Å². The number of quaternary nitrogens is 1. The highest BCUT2D eigenvalue weighted by atomic mass is 16.7. The molecule has 1 aliphatic heterocycles. The van der Waals surface area contributed by atoms with Crippen LogP contribution in [0.4, 0.5) is 0 Å². The Morgan fingerprint density at radius 1 is 0.951 bits per heavy atom. The van der Waals surface area contributed by atoms with Crippen molar-refractivity contribution in [1.29, 1.82) is 0 Å². The molecule has 6 N–H and O–H groups in total. The van der Waals surface area contributed by atoms with Crippen molar-refractivity contribution in [2.45, 2.75) is 143 Å². The number of aliphatic hydroxyl groups is 3. The van der Waals surface area contributed by atoms with Gasteiger partial charge in [0, 0.05) is 0 Å². The zero-order valence-corrected chi connectivity index (χ0v) is 26.6. The molecule has 5 aliphatic rings. The monoisotopic (exact) mass is 578 g/mol. The lowest BCUT2D eigenvalue weighted by Gasteiger charge is -2.58. The van der Waals surface area contributed by atoms with Gasteiger partial charge in [-0.25, -0.2) is 10.7 Å². The summed E-state index contributed by atoms with van der Waals surface area (Å²) in [5.74, 6) is 8.99. The highest BCUT2D eigenvalue weighted by Crippen LogP contribution is 2.67. The summed E-state index contributed by atoms with van der Waals surface area (Å²) >= 11 is 0. The van der Waals surface area contributed by atoms with Crippen LogP contribution in [0.25, 0.3) is 0 Å². The number of ether oxygens (including phenoxy) is 2. The fraction of sp³-hybridized carbons (Fsp3) is 0.941. The first kappa shape index (κ1) is 31.9. The Morgan fingerprint density at radius 2 is 1.71 bits per heavy atom. The van der Waals surface area contributed by atoms with Gasteiger partial charge in [0.15, 0.2) is 6.29 Å². The molecule has 4 fully saturated rings. The van der Waals surface area contributed by atoms with E-state index in [9.17, 15) is 15.3 Å². The molecule has 4 aliphatic carbocycles. The van der Waals surface area contributed by atoms with Crippen molar-refractivity contribution >= 4 is 0 Å². The van der Waals surface area contributed by atoms with Crippen molar-refractivity contribution in [2.75, 3.05) is 6.61 Å². The third-order valence-corrected chi connectivity index (χ3v) is 13.3. The van der Waals surface area contributed by atoms with E-state index in [1.807, 2.05) is 0 Å². The van der Waals surface area contributed by atoms with Gasteiger partial charge < -0.3 is 24.8 Å². The van der Waals surface area contributed by atoms with Gasteiger partial charge in [0.2, 0.25) is 0 Å². The summed E-state index contributed by atoms with van der Waals surface area (Å²) in [5, 5.41) is 31.2. The molecule has 3 saturated carbocycles. The van der Waals surface area contributed by atoms with E-state index in [1.165, 1.54) is 50.5 Å². The van der Waals surface area contributed by atoms with E-state index in [2.05, 4.69) is 53.5 Å². The Balaban J connectivity index is 1.24. The zero-order chi connectivity index (χ0) is 29.7. The minimum Gasteiger partial charge on any atom is -0.387 e. The fourth-order valence-corrected chi connectivity index (χ4v) is 10.3. The molecule has 0 bridgehead atoms. The molecule has 0 aromatic heterocycles. The molecular formula is C34H60NO6+. The smallest absolute Gasteiger partial charge is 0.186 e. The average molecular weight is 579 g/mol. The van der Waals surface area contributed by atoms with Crippen molar-refractivity contribution in [3.63, 3.8) is 0 Å². The van der Waals surface area contributed by atoms with Crippen LogP contribution in [0.1, 0.15) is 106 Å². The van der Waals surface area contributed by atoms with Crippen molar-refractivity contribution < 1.29 is 35.5 Å². The summed E-state index contributed by atoms with van der Waals surface area (Å²) in [6.07, 6.45) is 9.11. The van der Waals surface area contributed by atoms with E-state index >= 15 is 0 Å². The van der Waals surface area contributed by atoms with Crippen LogP contribution in [0.3, 0.4) is 0 Å². The van der Waals surface area contributed by atoms with Gasteiger partial charge in [-0.2, -0.15) is 0 Å². The predicted molar refractivity (Wildman–Crippen MR) is 158 cm³/mol.